The molecule has 96 valence electrons. The maximum absolute atomic E-state index is 12.0. The number of nitrogens with zero attached hydrogens (tertiary/aromatic N) is 2. The van der Waals surface area contributed by atoms with Gasteiger partial charge in [-0.1, -0.05) is 13.8 Å². The van der Waals surface area contributed by atoms with Crippen molar-refractivity contribution in [3.8, 4) is 0 Å². The highest BCUT2D eigenvalue weighted by molar-refractivity contribution is 5.99. The molecule has 0 bridgehead atoms. The Hall–Kier alpha value is -2.18. The smallest absolute Gasteiger partial charge is 0.300 e. The molecule has 0 spiro atoms. The highest BCUT2D eigenvalue weighted by Gasteiger charge is 2.47. The van der Waals surface area contributed by atoms with Crippen molar-refractivity contribution in [3.05, 3.63) is 27.9 Å². The van der Waals surface area contributed by atoms with Crippen molar-refractivity contribution in [2.24, 2.45) is 5.41 Å². The summed E-state index contributed by atoms with van der Waals surface area (Å²) in [5.41, 5.74) is 5.13. The number of hydrogen-bond donors (Lipinski definition) is 2. The molecule has 1 aliphatic carbocycles. The number of aromatic nitrogens is 1. The van der Waals surface area contributed by atoms with Crippen molar-refractivity contribution in [1.29, 1.82) is 0 Å². The standard InChI is InChI=1S/C11H14N4O3/c1-11(2)4-8(11)14-10(16)6-3-9(12)13-5-7(6)15(17)18/h3,5,8H,4H2,1-2H3,(H2,12,13)(H,14,16). The zero-order valence-corrected chi connectivity index (χ0v) is 10.1. The fraction of sp³-hybridized carbons (Fsp3) is 0.455. The Labute approximate surface area is 104 Å². The molecule has 1 aliphatic rings. The summed E-state index contributed by atoms with van der Waals surface area (Å²) in [6.45, 7) is 4.04. The van der Waals surface area contributed by atoms with Crippen LogP contribution in [0, 0.1) is 15.5 Å². The molecule has 1 saturated carbocycles. The Bertz CT molecular complexity index is 527. The van der Waals surface area contributed by atoms with Crippen LogP contribution in [0.15, 0.2) is 12.3 Å². The van der Waals surface area contributed by atoms with E-state index in [0.29, 0.717) is 0 Å². The quantitative estimate of drug-likeness (QED) is 0.616. The summed E-state index contributed by atoms with van der Waals surface area (Å²) in [5.74, 6) is -0.396. The molecule has 2 rings (SSSR count). The molecule has 18 heavy (non-hydrogen) atoms. The molecular weight excluding hydrogens is 236 g/mol. The third-order valence-corrected chi connectivity index (χ3v) is 3.16. The van der Waals surface area contributed by atoms with Gasteiger partial charge < -0.3 is 11.1 Å². The molecule has 1 fully saturated rings. The fourth-order valence-electron chi connectivity index (χ4n) is 1.74. The average molecular weight is 250 g/mol. The number of anilines is 1. The number of pyridine rings is 1. The second-order valence-electron chi connectivity index (χ2n) is 5.10. The predicted octanol–water partition coefficient (Wildman–Crippen LogP) is 1.10. The molecule has 7 heteroatoms. The van der Waals surface area contributed by atoms with Crippen LogP contribution in [0.5, 0.6) is 0 Å². The molecule has 0 saturated heterocycles. The van der Waals surface area contributed by atoms with E-state index in [1.54, 1.807) is 0 Å². The van der Waals surface area contributed by atoms with E-state index in [0.717, 1.165) is 12.6 Å². The number of hydrogen-bond acceptors (Lipinski definition) is 5. The van der Waals surface area contributed by atoms with Crippen molar-refractivity contribution < 1.29 is 9.72 Å². The lowest BCUT2D eigenvalue weighted by Crippen LogP contribution is -2.29. The Morgan fingerprint density at radius 3 is 2.78 bits per heavy atom. The van der Waals surface area contributed by atoms with Gasteiger partial charge in [0.15, 0.2) is 0 Å². The maximum Gasteiger partial charge on any atom is 0.300 e. The molecule has 1 aromatic heterocycles. The monoisotopic (exact) mass is 250 g/mol. The molecule has 7 nitrogen and oxygen atoms in total. The van der Waals surface area contributed by atoms with Gasteiger partial charge in [-0.25, -0.2) is 4.98 Å². The molecule has 0 radical (unpaired) electrons. The molecule has 1 atom stereocenters. The van der Waals surface area contributed by atoms with Gasteiger partial charge in [0.05, 0.1) is 4.92 Å². The lowest BCUT2D eigenvalue weighted by molar-refractivity contribution is -0.385. The van der Waals surface area contributed by atoms with E-state index in [4.69, 9.17) is 5.73 Å². The van der Waals surface area contributed by atoms with Crippen molar-refractivity contribution >= 4 is 17.4 Å². The Kier molecular flexibility index (Phi) is 2.68. The van der Waals surface area contributed by atoms with E-state index in [2.05, 4.69) is 10.3 Å². The van der Waals surface area contributed by atoms with E-state index >= 15 is 0 Å². The van der Waals surface area contributed by atoms with E-state index in [1.165, 1.54) is 6.07 Å². The molecule has 0 aromatic carbocycles. The summed E-state index contributed by atoms with van der Waals surface area (Å²) >= 11 is 0. The Morgan fingerprint density at radius 2 is 2.28 bits per heavy atom. The molecule has 3 N–H and O–H groups in total. The number of nitrogens with two attached hydrogens (primary N) is 1. The summed E-state index contributed by atoms with van der Waals surface area (Å²) in [6.07, 6.45) is 1.87. The summed E-state index contributed by atoms with van der Waals surface area (Å²) in [5, 5.41) is 13.6. The van der Waals surface area contributed by atoms with Crippen LogP contribution in [-0.2, 0) is 0 Å². The Morgan fingerprint density at radius 1 is 1.67 bits per heavy atom. The van der Waals surface area contributed by atoms with E-state index < -0.39 is 10.8 Å². The van der Waals surface area contributed by atoms with Crippen LogP contribution in [0.25, 0.3) is 0 Å². The normalized spacial score (nSPS) is 20.2. The Balaban J connectivity index is 2.24. The number of carbonyl (C=O) groups is 1. The third-order valence-electron chi connectivity index (χ3n) is 3.16. The molecule has 1 aromatic rings. The largest absolute Gasteiger partial charge is 0.384 e. The zero-order chi connectivity index (χ0) is 13.5. The third kappa shape index (κ3) is 2.24. The van der Waals surface area contributed by atoms with Gasteiger partial charge in [-0.2, -0.15) is 0 Å². The van der Waals surface area contributed by atoms with Gasteiger partial charge in [-0.05, 0) is 17.9 Å². The second kappa shape index (κ2) is 3.94. The fourth-order valence-corrected chi connectivity index (χ4v) is 1.74. The van der Waals surface area contributed by atoms with Crippen LogP contribution in [0.3, 0.4) is 0 Å². The maximum atomic E-state index is 12.0. The zero-order valence-electron chi connectivity index (χ0n) is 10.1. The lowest BCUT2D eigenvalue weighted by Gasteiger charge is -2.07. The van der Waals surface area contributed by atoms with Crippen LogP contribution in [-0.4, -0.2) is 21.9 Å². The van der Waals surface area contributed by atoms with Crippen LogP contribution in [0.2, 0.25) is 0 Å². The number of nitro groups is 1. The lowest BCUT2D eigenvalue weighted by atomic mass is 10.1. The minimum absolute atomic E-state index is 0.0461. The number of nitrogen functional groups attached to an aromatic ring is 1. The summed E-state index contributed by atoms with van der Waals surface area (Å²) in [4.78, 5) is 25.8. The summed E-state index contributed by atoms with van der Waals surface area (Å²) in [6, 6.07) is 1.28. The van der Waals surface area contributed by atoms with Crippen LogP contribution in [0.1, 0.15) is 30.6 Å². The van der Waals surface area contributed by atoms with Gasteiger partial charge in [0, 0.05) is 6.04 Å². The van der Waals surface area contributed by atoms with E-state index in [1.807, 2.05) is 13.8 Å². The summed E-state index contributed by atoms with van der Waals surface area (Å²) in [7, 11) is 0. The van der Waals surface area contributed by atoms with Gasteiger partial charge in [0.1, 0.15) is 17.6 Å². The van der Waals surface area contributed by atoms with Crippen molar-refractivity contribution in [2.75, 3.05) is 5.73 Å². The molecular formula is C11H14N4O3. The number of amides is 1. The topological polar surface area (TPSA) is 111 Å². The highest BCUT2D eigenvalue weighted by Crippen LogP contribution is 2.44. The van der Waals surface area contributed by atoms with Crippen molar-refractivity contribution in [2.45, 2.75) is 26.3 Å². The molecule has 1 heterocycles. The average Bonchev–Trinajstić information content (AvgIpc) is 2.85. The minimum Gasteiger partial charge on any atom is -0.384 e. The minimum atomic E-state index is -0.639. The molecule has 1 unspecified atom stereocenters. The van der Waals surface area contributed by atoms with E-state index in [9.17, 15) is 14.9 Å². The first-order chi connectivity index (χ1) is 8.31. The van der Waals surface area contributed by atoms with Gasteiger partial charge in [0.25, 0.3) is 11.6 Å². The van der Waals surface area contributed by atoms with Crippen molar-refractivity contribution in [3.63, 3.8) is 0 Å². The molecule has 0 aliphatic heterocycles. The number of nitrogens with one attached hydrogen (secondary N) is 1. The van der Waals surface area contributed by atoms with Gasteiger partial charge >= 0.3 is 0 Å². The van der Waals surface area contributed by atoms with Gasteiger partial charge in [0.2, 0.25) is 0 Å². The SMILES string of the molecule is CC1(C)CC1NC(=O)c1cc(N)ncc1[N+](=O)[O-]. The number of rotatable bonds is 3. The van der Waals surface area contributed by atoms with Crippen LogP contribution >= 0.6 is 0 Å². The first-order valence-electron chi connectivity index (χ1n) is 5.52. The summed E-state index contributed by atoms with van der Waals surface area (Å²) < 4.78 is 0. The van der Waals surface area contributed by atoms with Gasteiger partial charge in [-0.15, -0.1) is 0 Å². The van der Waals surface area contributed by atoms with E-state index in [-0.39, 0.29) is 28.5 Å². The first-order valence-corrected chi connectivity index (χ1v) is 5.52. The van der Waals surface area contributed by atoms with Crippen LogP contribution < -0.4 is 11.1 Å². The second-order valence-corrected chi connectivity index (χ2v) is 5.10. The first kappa shape index (κ1) is 12.3. The van der Waals surface area contributed by atoms with Crippen LogP contribution in [0.4, 0.5) is 11.5 Å². The molecule has 1 amide bonds. The van der Waals surface area contributed by atoms with Crippen molar-refractivity contribution in [1.82, 2.24) is 10.3 Å². The highest BCUT2D eigenvalue weighted by atomic mass is 16.6. The predicted molar refractivity (Wildman–Crippen MR) is 65.0 cm³/mol. The van der Waals surface area contributed by atoms with Gasteiger partial charge in [-0.3, -0.25) is 14.9 Å². The number of carbonyl (C=O) groups excluding carboxylic acids is 1.